The summed E-state index contributed by atoms with van der Waals surface area (Å²) in [6.07, 6.45) is 12.0. The zero-order valence-corrected chi connectivity index (χ0v) is 22.2. The number of benzene rings is 1. The van der Waals surface area contributed by atoms with E-state index in [0.717, 1.165) is 51.6 Å². The van der Waals surface area contributed by atoms with Crippen LogP contribution in [0.25, 0.3) is 0 Å². The van der Waals surface area contributed by atoms with Gasteiger partial charge in [0.05, 0.1) is 6.04 Å². The second-order valence-corrected chi connectivity index (χ2v) is 11.5. The summed E-state index contributed by atoms with van der Waals surface area (Å²) < 4.78 is 5.56. The molecule has 2 N–H and O–H groups in total. The molecule has 1 saturated heterocycles. The van der Waals surface area contributed by atoms with Gasteiger partial charge in [-0.2, -0.15) is 0 Å². The Morgan fingerprint density at radius 2 is 1.77 bits per heavy atom. The molecule has 196 valence electrons. The van der Waals surface area contributed by atoms with Gasteiger partial charge in [0.25, 0.3) is 0 Å². The van der Waals surface area contributed by atoms with Crippen LogP contribution >= 0.6 is 0 Å². The maximum absolute atomic E-state index is 13.0. The predicted octanol–water partition coefficient (Wildman–Crippen LogP) is 5.45. The molecule has 35 heavy (non-hydrogen) atoms. The number of hydrogen-bond acceptors (Lipinski definition) is 4. The molecule has 0 spiro atoms. The molecule has 2 amide bonds. The van der Waals surface area contributed by atoms with Crippen LogP contribution in [0.1, 0.15) is 90.5 Å². The number of aryl methyl sites for hydroxylation is 1. The number of ether oxygens (including phenoxy) is 1. The Labute approximate surface area is 212 Å². The van der Waals surface area contributed by atoms with Gasteiger partial charge in [-0.25, -0.2) is 4.79 Å². The zero-order valence-electron chi connectivity index (χ0n) is 22.2. The highest BCUT2D eigenvalue weighted by atomic mass is 16.6. The van der Waals surface area contributed by atoms with Gasteiger partial charge in [0, 0.05) is 19.1 Å². The minimum atomic E-state index is -0.518. The van der Waals surface area contributed by atoms with E-state index in [9.17, 15) is 9.59 Å². The molecule has 2 aliphatic rings. The van der Waals surface area contributed by atoms with E-state index in [1.54, 1.807) is 0 Å². The Morgan fingerprint density at radius 3 is 2.49 bits per heavy atom. The van der Waals surface area contributed by atoms with E-state index in [1.807, 2.05) is 26.8 Å². The molecule has 1 aromatic rings. The van der Waals surface area contributed by atoms with Gasteiger partial charge in [-0.05, 0) is 77.3 Å². The van der Waals surface area contributed by atoms with Crippen LogP contribution in [0.2, 0.25) is 0 Å². The number of nitrogens with zero attached hydrogens (tertiary/aromatic N) is 1. The Morgan fingerprint density at radius 1 is 1.03 bits per heavy atom. The van der Waals surface area contributed by atoms with Gasteiger partial charge >= 0.3 is 6.09 Å². The zero-order chi connectivity index (χ0) is 25.1. The maximum Gasteiger partial charge on any atom is 0.407 e. The molecule has 0 radical (unpaired) electrons. The Balaban J connectivity index is 1.48. The topological polar surface area (TPSA) is 70.7 Å². The molecule has 2 atom stereocenters. The van der Waals surface area contributed by atoms with Gasteiger partial charge in [-0.1, -0.05) is 62.4 Å². The number of carbonyl (C=O) groups is 2. The summed E-state index contributed by atoms with van der Waals surface area (Å²) in [5.74, 6) is 0.777. The summed E-state index contributed by atoms with van der Waals surface area (Å²) in [5, 5.41) is 6.32. The molecule has 3 rings (SSSR count). The van der Waals surface area contributed by atoms with E-state index < -0.39 is 5.60 Å². The van der Waals surface area contributed by atoms with Gasteiger partial charge in [-0.3, -0.25) is 9.69 Å². The molecule has 1 saturated carbocycles. The lowest BCUT2D eigenvalue weighted by Crippen LogP contribution is -2.51. The van der Waals surface area contributed by atoms with Crippen LogP contribution in [-0.4, -0.2) is 54.2 Å². The lowest BCUT2D eigenvalue weighted by Gasteiger charge is -2.32. The molecule has 1 aliphatic heterocycles. The van der Waals surface area contributed by atoms with Crippen molar-refractivity contribution < 1.29 is 14.3 Å². The van der Waals surface area contributed by atoms with Crippen LogP contribution in [0.3, 0.4) is 0 Å². The smallest absolute Gasteiger partial charge is 0.407 e. The standard InChI is InChI=1S/C29H47N3O3/c1-29(2,3)35-28(34)31-25(21-24-16-8-5-9-17-24)22-32-20-12-18-26(32)27(33)30-19-11-10-15-23-13-6-4-7-14-23/h4,6-7,13-14,24-26H,5,8-12,15-22H2,1-3H3,(H,30,33)(H,31,34)/t25?,26-/m0/s1. The van der Waals surface area contributed by atoms with Gasteiger partial charge in [-0.15, -0.1) is 0 Å². The van der Waals surface area contributed by atoms with E-state index in [4.69, 9.17) is 4.74 Å². The molecule has 1 aliphatic carbocycles. The molecule has 0 aromatic heterocycles. The predicted molar refractivity (Wildman–Crippen MR) is 141 cm³/mol. The van der Waals surface area contributed by atoms with Crippen LogP contribution in [0.4, 0.5) is 4.79 Å². The lowest BCUT2D eigenvalue weighted by molar-refractivity contribution is -0.125. The molecule has 0 bridgehead atoms. The second-order valence-electron chi connectivity index (χ2n) is 11.5. The van der Waals surface area contributed by atoms with Crippen molar-refractivity contribution in [3.8, 4) is 0 Å². The van der Waals surface area contributed by atoms with Crippen molar-refractivity contribution in [1.82, 2.24) is 15.5 Å². The van der Waals surface area contributed by atoms with Crippen LogP contribution in [0, 0.1) is 5.92 Å². The summed E-state index contributed by atoms with van der Waals surface area (Å²) in [6.45, 7) is 8.01. The highest BCUT2D eigenvalue weighted by molar-refractivity contribution is 5.82. The number of unbranched alkanes of at least 4 members (excludes halogenated alkanes) is 1. The van der Waals surface area contributed by atoms with Crippen molar-refractivity contribution in [2.45, 2.75) is 109 Å². The lowest BCUT2D eigenvalue weighted by atomic mass is 9.84. The number of hydrogen-bond donors (Lipinski definition) is 2. The summed E-state index contributed by atoms with van der Waals surface area (Å²) in [6, 6.07) is 10.4. The first-order valence-corrected chi connectivity index (χ1v) is 13.9. The summed E-state index contributed by atoms with van der Waals surface area (Å²) >= 11 is 0. The number of likely N-dealkylation sites (tertiary alicyclic amines) is 1. The first kappa shape index (κ1) is 27.5. The van der Waals surface area contributed by atoms with Crippen LogP contribution in [0.5, 0.6) is 0 Å². The van der Waals surface area contributed by atoms with E-state index in [0.29, 0.717) is 12.5 Å². The molecular weight excluding hydrogens is 438 g/mol. The molecular formula is C29H47N3O3. The number of alkyl carbamates (subject to hydrolysis) is 1. The minimum Gasteiger partial charge on any atom is -0.444 e. The van der Waals surface area contributed by atoms with Crippen molar-refractivity contribution in [3.63, 3.8) is 0 Å². The van der Waals surface area contributed by atoms with Gasteiger partial charge in [0.15, 0.2) is 0 Å². The third-order valence-corrected chi connectivity index (χ3v) is 7.22. The van der Waals surface area contributed by atoms with E-state index in [2.05, 4.69) is 39.8 Å². The Bertz CT molecular complexity index is 771. The molecule has 6 nitrogen and oxygen atoms in total. The number of amides is 2. The highest BCUT2D eigenvalue weighted by Crippen LogP contribution is 2.28. The Hall–Kier alpha value is -2.08. The van der Waals surface area contributed by atoms with Gasteiger partial charge in [0.2, 0.25) is 5.91 Å². The highest BCUT2D eigenvalue weighted by Gasteiger charge is 2.33. The average molecular weight is 486 g/mol. The monoisotopic (exact) mass is 485 g/mol. The molecule has 1 aromatic carbocycles. The minimum absolute atomic E-state index is 0.00669. The fourth-order valence-corrected chi connectivity index (χ4v) is 5.53. The van der Waals surface area contributed by atoms with Crippen LogP contribution in [0.15, 0.2) is 30.3 Å². The van der Waals surface area contributed by atoms with Crippen molar-refractivity contribution in [2.24, 2.45) is 5.92 Å². The maximum atomic E-state index is 13.0. The third kappa shape index (κ3) is 10.2. The van der Waals surface area contributed by atoms with Crippen molar-refractivity contribution in [2.75, 3.05) is 19.6 Å². The van der Waals surface area contributed by atoms with E-state index in [1.165, 1.54) is 37.7 Å². The molecule has 2 fully saturated rings. The Kier molecular flexibility index (Phi) is 10.9. The molecule has 6 heteroatoms. The molecule has 1 unspecified atom stereocenters. The summed E-state index contributed by atoms with van der Waals surface area (Å²) in [4.78, 5) is 27.9. The quantitative estimate of drug-likeness (QED) is 0.409. The number of nitrogens with one attached hydrogen (secondary N) is 2. The van der Waals surface area contributed by atoms with Crippen molar-refractivity contribution in [1.29, 1.82) is 0 Å². The fraction of sp³-hybridized carbons (Fsp3) is 0.724. The van der Waals surface area contributed by atoms with Crippen LogP contribution in [-0.2, 0) is 16.0 Å². The number of carbonyl (C=O) groups excluding carboxylic acids is 2. The normalized spacial score (nSPS) is 20.4. The SMILES string of the molecule is CC(C)(C)OC(=O)NC(CC1CCCCC1)CN1CCC[C@H]1C(=O)NCCCCc1ccccc1. The average Bonchev–Trinajstić information content (AvgIpc) is 3.27. The van der Waals surface area contributed by atoms with Crippen molar-refractivity contribution >= 4 is 12.0 Å². The fourth-order valence-electron chi connectivity index (χ4n) is 5.53. The summed E-state index contributed by atoms with van der Waals surface area (Å²) in [5.41, 5.74) is 0.832. The largest absolute Gasteiger partial charge is 0.444 e. The summed E-state index contributed by atoms with van der Waals surface area (Å²) in [7, 11) is 0. The first-order valence-electron chi connectivity index (χ1n) is 13.9. The first-order chi connectivity index (χ1) is 16.8. The van der Waals surface area contributed by atoms with Gasteiger partial charge < -0.3 is 15.4 Å². The number of rotatable bonds is 11. The second kappa shape index (κ2) is 13.9. The van der Waals surface area contributed by atoms with Crippen molar-refractivity contribution in [3.05, 3.63) is 35.9 Å². The molecule has 1 heterocycles. The van der Waals surface area contributed by atoms with E-state index >= 15 is 0 Å². The van der Waals surface area contributed by atoms with Gasteiger partial charge in [0.1, 0.15) is 5.60 Å². The third-order valence-electron chi connectivity index (χ3n) is 7.22. The van der Waals surface area contributed by atoms with E-state index in [-0.39, 0.29) is 24.1 Å². The van der Waals surface area contributed by atoms with Crippen LogP contribution < -0.4 is 10.6 Å².